The summed E-state index contributed by atoms with van der Waals surface area (Å²) >= 11 is 3.49. The minimum atomic E-state index is 0.153. The first-order valence-electron chi connectivity index (χ1n) is 5.89. The third-order valence-electron chi connectivity index (χ3n) is 2.13. The minimum Gasteiger partial charge on any atom is -0.493 e. The van der Waals surface area contributed by atoms with E-state index in [-0.39, 0.29) is 5.78 Å². The predicted octanol–water partition coefficient (Wildman–Crippen LogP) is 4.45. The number of rotatable bonds is 4. The highest BCUT2D eigenvalue weighted by Crippen LogP contribution is 2.26. The number of benzene rings is 1. The maximum atomic E-state index is 10.7. The fourth-order valence-electron chi connectivity index (χ4n) is 1.30. The Kier molecular flexibility index (Phi) is 7.88. The van der Waals surface area contributed by atoms with Crippen LogP contribution in [-0.4, -0.2) is 12.4 Å². The lowest BCUT2D eigenvalue weighted by Crippen LogP contribution is -2.03. The second kappa shape index (κ2) is 8.29. The second-order valence-corrected chi connectivity index (χ2v) is 4.46. The average molecular weight is 301 g/mol. The van der Waals surface area contributed by atoms with E-state index in [2.05, 4.69) is 15.9 Å². The Morgan fingerprint density at radius 1 is 1.24 bits per heavy atom. The molecule has 0 aliphatic heterocycles. The number of Topliss-reactive ketones (excluding diaryl/α,β-unsaturated/α-hetero) is 1. The summed E-state index contributed by atoms with van der Waals surface area (Å²) in [4.78, 5) is 10.7. The zero-order valence-corrected chi connectivity index (χ0v) is 12.8. The first kappa shape index (κ1) is 16.2. The normalized spacial score (nSPS) is 9.29. The van der Waals surface area contributed by atoms with Crippen molar-refractivity contribution in [2.24, 2.45) is 0 Å². The summed E-state index contributed by atoms with van der Waals surface area (Å²) in [5, 5.41) is 0. The minimum absolute atomic E-state index is 0.153. The Morgan fingerprint density at radius 3 is 2.12 bits per heavy atom. The molecule has 0 radical (unpaired) electrons. The summed E-state index contributed by atoms with van der Waals surface area (Å²) in [6.45, 7) is 10.1. The van der Waals surface area contributed by atoms with E-state index in [1.54, 1.807) is 6.92 Å². The molecule has 0 bridgehead atoms. The summed E-state index contributed by atoms with van der Waals surface area (Å²) in [5.74, 6) is 0.981. The number of hydrogen-bond acceptors (Lipinski definition) is 2. The van der Waals surface area contributed by atoms with Crippen molar-refractivity contribution in [1.82, 2.24) is 0 Å². The van der Waals surface area contributed by atoms with E-state index < -0.39 is 0 Å². The van der Waals surface area contributed by atoms with Gasteiger partial charge in [0.15, 0.2) is 0 Å². The Labute approximate surface area is 112 Å². The lowest BCUT2D eigenvalue weighted by molar-refractivity contribution is -0.117. The molecule has 0 spiro atoms. The Hall–Kier alpha value is -0.830. The molecule has 0 saturated heterocycles. The van der Waals surface area contributed by atoms with Gasteiger partial charge in [0.25, 0.3) is 0 Å². The summed E-state index contributed by atoms with van der Waals surface area (Å²) in [7, 11) is 0. The van der Waals surface area contributed by atoms with Gasteiger partial charge in [0.05, 0.1) is 6.61 Å². The number of aryl methyl sites for hydroxylation is 2. The van der Waals surface area contributed by atoms with E-state index in [4.69, 9.17) is 4.74 Å². The lowest BCUT2D eigenvalue weighted by atomic mass is 10.1. The van der Waals surface area contributed by atoms with E-state index >= 15 is 0 Å². The first-order chi connectivity index (χ1) is 8.00. The van der Waals surface area contributed by atoms with Gasteiger partial charge in [-0.05, 0) is 44.0 Å². The number of ether oxygens (including phenoxy) is 1. The molecule has 0 amide bonds. The molecule has 0 fully saturated rings. The molecule has 0 saturated carbocycles. The molecule has 0 aliphatic rings. The summed E-state index contributed by atoms with van der Waals surface area (Å²) in [6, 6.07) is 3.94. The third kappa shape index (κ3) is 5.87. The molecule has 1 aromatic rings. The molecule has 1 rings (SSSR count). The van der Waals surface area contributed by atoms with Gasteiger partial charge in [0, 0.05) is 10.9 Å². The van der Waals surface area contributed by atoms with Crippen LogP contribution in [0.15, 0.2) is 16.6 Å². The summed E-state index contributed by atoms with van der Waals surface area (Å²) < 4.78 is 6.60. The van der Waals surface area contributed by atoms with Crippen molar-refractivity contribution in [3.63, 3.8) is 0 Å². The third-order valence-corrected chi connectivity index (χ3v) is 3.38. The van der Waals surface area contributed by atoms with Crippen molar-refractivity contribution in [2.45, 2.75) is 41.0 Å². The number of carbonyl (C=O) groups is 1. The van der Waals surface area contributed by atoms with Crippen molar-refractivity contribution >= 4 is 21.7 Å². The van der Waals surface area contributed by atoms with Gasteiger partial charge in [0.1, 0.15) is 11.5 Å². The van der Waals surface area contributed by atoms with Crippen molar-refractivity contribution in [2.75, 3.05) is 6.61 Å². The van der Waals surface area contributed by atoms with E-state index in [0.717, 1.165) is 21.3 Å². The van der Waals surface area contributed by atoms with Crippen molar-refractivity contribution in [3.8, 4) is 5.75 Å². The highest BCUT2D eigenvalue weighted by molar-refractivity contribution is 9.10. The van der Waals surface area contributed by atoms with Gasteiger partial charge in [-0.15, -0.1) is 0 Å². The Balaban J connectivity index is 0.00000121. The number of ketones is 1. The van der Waals surface area contributed by atoms with Crippen LogP contribution in [0.25, 0.3) is 0 Å². The molecule has 17 heavy (non-hydrogen) atoms. The molecule has 1 aromatic carbocycles. The van der Waals surface area contributed by atoms with Gasteiger partial charge in [0.2, 0.25) is 0 Å². The zero-order chi connectivity index (χ0) is 13.4. The fraction of sp³-hybridized carbons (Fsp3) is 0.500. The van der Waals surface area contributed by atoms with E-state index in [1.165, 1.54) is 0 Å². The molecule has 0 heterocycles. The van der Waals surface area contributed by atoms with Crippen LogP contribution in [0, 0.1) is 13.8 Å². The van der Waals surface area contributed by atoms with Crippen LogP contribution in [-0.2, 0) is 4.79 Å². The summed E-state index contributed by atoms with van der Waals surface area (Å²) in [6.07, 6.45) is 0.466. The van der Waals surface area contributed by atoms with Gasteiger partial charge in [-0.25, -0.2) is 0 Å². The average Bonchev–Trinajstić information content (AvgIpc) is 2.28. The Bertz CT molecular complexity index is 349. The highest BCUT2D eigenvalue weighted by atomic mass is 79.9. The molecular weight excluding hydrogens is 280 g/mol. The highest BCUT2D eigenvalue weighted by Gasteiger charge is 2.03. The maximum absolute atomic E-state index is 10.7. The first-order valence-corrected chi connectivity index (χ1v) is 6.69. The van der Waals surface area contributed by atoms with Crippen molar-refractivity contribution in [1.29, 1.82) is 0 Å². The van der Waals surface area contributed by atoms with Gasteiger partial charge in [-0.1, -0.05) is 29.8 Å². The molecule has 0 N–H and O–H groups in total. The van der Waals surface area contributed by atoms with Gasteiger partial charge < -0.3 is 4.74 Å². The second-order valence-electron chi connectivity index (χ2n) is 3.67. The molecular formula is C14H21BrO2. The van der Waals surface area contributed by atoms with E-state index in [9.17, 15) is 4.79 Å². The van der Waals surface area contributed by atoms with Gasteiger partial charge in [-0.2, -0.15) is 0 Å². The van der Waals surface area contributed by atoms with Crippen LogP contribution < -0.4 is 4.74 Å². The topological polar surface area (TPSA) is 26.3 Å². The maximum Gasteiger partial charge on any atom is 0.133 e. The molecule has 96 valence electrons. The van der Waals surface area contributed by atoms with Crippen LogP contribution in [0.3, 0.4) is 0 Å². The number of halogens is 1. The molecule has 3 heteroatoms. The molecule has 0 aromatic heterocycles. The van der Waals surface area contributed by atoms with Gasteiger partial charge in [-0.3, -0.25) is 4.79 Å². The molecule has 0 atom stereocenters. The summed E-state index contributed by atoms with van der Waals surface area (Å²) in [5.41, 5.74) is 2.29. The van der Waals surface area contributed by atoms with Crippen LogP contribution >= 0.6 is 15.9 Å². The van der Waals surface area contributed by atoms with E-state index in [0.29, 0.717) is 13.0 Å². The zero-order valence-electron chi connectivity index (χ0n) is 11.3. The standard InChI is InChI=1S/C12H15BrO2.C2H6/c1-8-6-11(7-9(2)12(8)13)15-5-4-10(3)14;1-2/h6-7H,4-5H2,1-3H3;1-2H3. The van der Waals surface area contributed by atoms with Crippen molar-refractivity contribution in [3.05, 3.63) is 27.7 Å². The predicted molar refractivity (Wildman–Crippen MR) is 75.8 cm³/mol. The van der Waals surface area contributed by atoms with Crippen molar-refractivity contribution < 1.29 is 9.53 Å². The SMILES string of the molecule is CC.CC(=O)CCOc1cc(C)c(Br)c(C)c1. The smallest absolute Gasteiger partial charge is 0.133 e. The quantitative estimate of drug-likeness (QED) is 0.821. The number of hydrogen-bond donors (Lipinski definition) is 0. The van der Waals surface area contributed by atoms with Crippen LogP contribution in [0.1, 0.15) is 38.3 Å². The molecule has 0 unspecified atom stereocenters. The Morgan fingerprint density at radius 2 is 1.71 bits per heavy atom. The van der Waals surface area contributed by atoms with Crippen LogP contribution in [0.4, 0.5) is 0 Å². The van der Waals surface area contributed by atoms with Crippen LogP contribution in [0.5, 0.6) is 5.75 Å². The number of carbonyl (C=O) groups excluding carboxylic acids is 1. The monoisotopic (exact) mass is 300 g/mol. The fourth-order valence-corrected chi connectivity index (χ4v) is 1.53. The lowest BCUT2D eigenvalue weighted by Gasteiger charge is -2.09. The van der Waals surface area contributed by atoms with Gasteiger partial charge >= 0.3 is 0 Å². The van der Waals surface area contributed by atoms with E-state index in [1.807, 2.05) is 39.8 Å². The molecule has 2 nitrogen and oxygen atoms in total. The largest absolute Gasteiger partial charge is 0.493 e. The van der Waals surface area contributed by atoms with Crippen LogP contribution in [0.2, 0.25) is 0 Å². The molecule has 0 aliphatic carbocycles.